The second-order valence-electron chi connectivity index (χ2n) is 5.34. The fraction of sp³-hybridized carbons (Fsp3) is 0.500. The van der Waals surface area contributed by atoms with Crippen LogP contribution in [0.4, 0.5) is 11.4 Å². The maximum Gasteiger partial charge on any atom is 0.292 e. The highest BCUT2D eigenvalue weighted by atomic mass is 16.6. The Bertz CT molecular complexity index is 524. The van der Waals surface area contributed by atoms with Crippen LogP contribution in [-0.2, 0) is 0 Å². The molecular formula is C14H19N3O3. The Morgan fingerprint density at radius 1 is 1.45 bits per heavy atom. The number of anilines is 1. The SMILES string of the molecule is CC(NC(=O)c1ccc([N+](=O)[O-])c(N)c1)C1CCCC1. The molecule has 6 heteroatoms. The molecule has 3 N–H and O–H groups in total. The predicted octanol–water partition coefficient (Wildman–Crippen LogP) is 2.49. The van der Waals surface area contributed by atoms with Crippen LogP contribution in [0, 0.1) is 16.0 Å². The molecule has 1 atom stereocenters. The molecule has 1 saturated carbocycles. The van der Waals surface area contributed by atoms with Crippen molar-refractivity contribution in [1.29, 1.82) is 0 Å². The molecule has 20 heavy (non-hydrogen) atoms. The smallest absolute Gasteiger partial charge is 0.292 e. The molecule has 1 aliphatic rings. The Balaban J connectivity index is 2.05. The summed E-state index contributed by atoms with van der Waals surface area (Å²) >= 11 is 0. The molecule has 1 aliphatic carbocycles. The van der Waals surface area contributed by atoms with E-state index in [0.29, 0.717) is 11.5 Å². The number of nitrogens with one attached hydrogen (secondary N) is 1. The van der Waals surface area contributed by atoms with Crippen LogP contribution in [0.2, 0.25) is 0 Å². The van der Waals surface area contributed by atoms with E-state index >= 15 is 0 Å². The quantitative estimate of drug-likeness (QED) is 0.501. The van der Waals surface area contributed by atoms with Crippen LogP contribution in [0.5, 0.6) is 0 Å². The molecule has 0 bridgehead atoms. The second kappa shape index (κ2) is 5.90. The van der Waals surface area contributed by atoms with Gasteiger partial charge in [0.1, 0.15) is 5.69 Å². The number of rotatable bonds is 4. The number of nitrogens with two attached hydrogens (primary N) is 1. The van der Waals surface area contributed by atoms with E-state index in [1.807, 2.05) is 6.92 Å². The highest BCUT2D eigenvalue weighted by Gasteiger charge is 2.23. The van der Waals surface area contributed by atoms with Crippen molar-refractivity contribution < 1.29 is 9.72 Å². The zero-order valence-corrected chi connectivity index (χ0v) is 11.5. The van der Waals surface area contributed by atoms with Crippen molar-refractivity contribution in [1.82, 2.24) is 5.32 Å². The number of hydrogen-bond acceptors (Lipinski definition) is 4. The summed E-state index contributed by atoms with van der Waals surface area (Å²) in [6, 6.07) is 4.17. The summed E-state index contributed by atoms with van der Waals surface area (Å²) in [5, 5.41) is 13.6. The molecule has 0 heterocycles. The van der Waals surface area contributed by atoms with Gasteiger partial charge in [0.05, 0.1) is 4.92 Å². The minimum atomic E-state index is -0.557. The summed E-state index contributed by atoms with van der Waals surface area (Å²) in [6.45, 7) is 2.00. The monoisotopic (exact) mass is 277 g/mol. The van der Waals surface area contributed by atoms with Gasteiger partial charge in [0, 0.05) is 17.7 Å². The van der Waals surface area contributed by atoms with Crippen molar-refractivity contribution in [3.05, 3.63) is 33.9 Å². The van der Waals surface area contributed by atoms with Crippen molar-refractivity contribution >= 4 is 17.3 Å². The summed E-state index contributed by atoms with van der Waals surface area (Å²) in [4.78, 5) is 22.2. The van der Waals surface area contributed by atoms with Gasteiger partial charge < -0.3 is 11.1 Å². The number of nitro benzene ring substituents is 1. The summed E-state index contributed by atoms with van der Waals surface area (Å²) in [5.74, 6) is 0.292. The first-order valence-corrected chi connectivity index (χ1v) is 6.84. The van der Waals surface area contributed by atoms with Crippen molar-refractivity contribution in [2.45, 2.75) is 38.6 Å². The third kappa shape index (κ3) is 3.07. The summed E-state index contributed by atoms with van der Waals surface area (Å²) in [6.07, 6.45) is 4.72. The van der Waals surface area contributed by atoms with Gasteiger partial charge in [0.15, 0.2) is 0 Å². The Hall–Kier alpha value is -2.11. The van der Waals surface area contributed by atoms with Gasteiger partial charge in [-0.3, -0.25) is 14.9 Å². The molecule has 1 unspecified atom stereocenters. The fourth-order valence-electron chi connectivity index (χ4n) is 2.73. The lowest BCUT2D eigenvalue weighted by molar-refractivity contribution is -0.383. The average Bonchev–Trinajstić information content (AvgIpc) is 2.91. The molecule has 0 spiro atoms. The van der Waals surface area contributed by atoms with Gasteiger partial charge in [-0.15, -0.1) is 0 Å². The normalized spacial score (nSPS) is 16.9. The lowest BCUT2D eigenvalue weighted by Crippen LogP contribution is -2.37. The Morgan fingerprint density at radius 3 is 2.65 bits per heavy atom. The molecule has 2 rings (SSSR count). The van der Waals surface area contributed by atoms with E-state index in [1.165, 1.54) is 31.0 Å². The molecule has 0 aromatic heterocycles. The highest BCUT2D eigenvalue weighted by molar-refractivity contribution is 5.95. The van der Waals surface area contributed by atoms with Gasteiger partial charge in [-0.1, -0.05) is 12.8 Å². The van der Waals surface area contributed by atoms with Gasteiger partial charge >= 0.3 is 0 Å². The number of nitrogens with zero attached hydrogens (tertiary/aromatic N) is 1. The maximum absolute atomic E-state index is 12.1. The number of hydrogen-bond donors (Lipinski definition) is 2. The van der Waals surface area contributed by atoms with Crippen LogP contribution in [-0.4, -0.2) is 16.9 Å². The topological polar surface area (TPSA) is 98.3 Å². The third-order valence-electron chi connectivity index (χ3n) is 3.95. The minimum Gasteiger partial charge on any atom is -0.393 e. The van der Waals surface area contributed by atoms with E-state index in [2.05, 4.69) is 5.32 Å². The number of benzene rings is 1. The molecule has 1 aromatic rings. The van der Waals surface area contributed by atoms with Crippen molar-refractivity contribution in [3.63, 3.8) is 0 Å². The van der Waals surface area contributed by atoms with E-state index in [9.17, 15) is 14.9 Å². The molecule has 0 saturated heterocycles. The minimum absolute atomic E-state index is 0.0103. The average molecular weight is 277 g/mol. The number of amides is 1. The molecule has 0 radical (unpaired) electrons. The highest BCUT2D eigenvalue weighted by Crippen LogP contribution is 2.28. The van der Waals surface area contributed by atoms with Crippen LogP contribution in [0.15, 0.2) is 18.2 Å². The van der Waals surface area contributed by atoms with Crippen LogP contribution in [0.25, 0.3) is 0 Å². The van der Waals surface area contributed by atoms with Crippen LogP contribution >= 0.6 is 0 Å². The van der Waals surface area contributed by atoms with E-state index in [4.69, 9.17) is 5.73 Å². The van der Waals surface area contributed by atoms with Gasteiger partial charge in [-0.2, -0.15) is 0 Å². The fourth-order valence-corrected chi connectivity index (χ4v) is 2.73. The molecule has 108 valence electrons. The molecule has 1 fully saturated rings. The van der Waals surface area contributed by atoms with Gasteiger partial charge in [0.25, 0.3) is 11.6 Å². The zero-order valence-electron chi connectivity index (χ0n) is 11.5. The Labute approximate surface area is 117 Å². The molecular weight excluding hydrogens is 258 g/mol. The van der Waals surface area contributed by atoms with E-state index in [0.717, 1.165) is 12.8 Å². The lowest BCUT2D eigenvalue weighted by Gasteiger charge is -2.20. The van der Waals surface area contributed by atoms with E-state index in [-0.39, 0.29) is 23.3 Å². The van der Waals surface area contributed by atoms with Gasteiger partial charge in [-0.05, 0) is 37.8 Å². The summed E-state index contributed by atoms with van der Waals surface area (Å²) < 4.78 is 0. The largest absolute Gasteiger partial charge is 0.393 e. The van der Waals surface area contributed by atoms with Crippen molar-refractivity contribution in [3.8, 4) is 0 Å². The van der Waals surface area contributed by atoms with Crippen LogP contribution in [0.3, 0.4) is 0 Å². The van der Waals surface area contributed by atoms with E-state index in [1.54, 1.807) is 0 Å². The maximum atomic E-state index is 12.1. The Kier molecular flexibility index (Phi) is 4.22. The molecule has 6 nitrogen and oxygen atoms in total. The molecule has 0 aliphatic heterocycles. The Morgan fingerprint density at radius 2 is 2.10 bits per heavy atom. The number of nitrogen functional groups attached to an aromatic ring is 1. The third-order valence-corrected chi connectivity index (χ3v) is 3.95. The first kappa shape index (κ1) is 14.3. The number of carbonyl (C=O) groups excluding carboxylic acids is 1. The first-order chi connectivity index (χ1) is 9.49. The van der Waals surface area contributed by atoms with Crippen molar-refractivity contribution in [2.24, 2.45) is 5.92 Å². The lowest BCUT2D eigenvalue weighted by atomic mass is 9.99. The second-order valence-corrected chi connectivity index (χ2v) is 5.34. The molecule has 1 amide bonds. The summed E-state index contributed by atoms with van der Waals surface area (Å²) in [5.41, 5.74) is 5.79. The number of carbonyl (C=O) groups is 1. The zero-order chi connectivity index (χ0) is 14.7. The predicted molar refractivity (Wildman–Crippen MR) is 76.4 cm³/mol. The summed E-state index contributed by atoms with van der Waals surface area (Å²) in [7, 11) is 0. The van der Waals surface area contributed by atoms with Crippen molar-refractivity contribution in [2.75, 3.05) is 5.73 Å². The van der Waals surface area contributed by atoms with Gasteiger partial charge in [0.2, 0.25) is 0 Å². The standard InChI is InChI=1S/C14H19N3O3/c1-9(10-4-2-3-5-10)16-14(18)11-6-7-13(17(19)20)12(15)8-11/h6-10H,2-5,15H2,1H3,(H,16,18). The molecule has 1 aromatic carbocycles. The van der Waals surface area contributed by atoms with E-state index < -0.39 is 4.92 Å². The van der Waals surface area contributed by atoms with Gasteiger partial charge in [-0.25, -0.2) is 0 Å². The van der Waals surface area contributed by atoms with Crippen LogP contribution in [0.1, 0.15) is 43.0 Å². The first-order valence-electron chi connectivity index (χ1n) is 6.84. The van der Waals surface area contributed by atoms with Crippen LogP contribution < -0.4 is 11.1 Å². The number of nitro groups is 1.